The van der Waals surface area contributed by atoms with E-state index in [9.17, 15) is 4.79 Å². The van der Waals surface area contributed by atoms with Crippen LogP contribution >= 0.6 is 0 Å². The van der Waals surface area contributed by atoms with E-state index in [0.29, 0.717) is 11.3 Å². The van der Waals surface area contributed by atoms with Crippen LogP contribution in [0.2, 0.25) is 0 Å². The van der Waals surface area contributed by atoms with Crippen molar-refractivity contribution in [3.8, 4) is 5.88 Å². The molecule has 0 aromatic carbocycles. The van der Waals surface area contributed by atoms with Crippen molar-refractivity contribution in [2.24, 2.45) is 0 Å². The molecule has 1 rings (SSSR count). The fourth-order valence-corrected chi connectivity index (χ4v) is 1.02. The topological polar surface area (TPSA) is 58.6 Å². The molecular weight excluding hydrogens is 220 g/mol. The fourth-order valence-electron chi connectivity index (χ4n) is 1.02. The van der Waals surface area contributed by atoms with Crippen molar-refractivity contribution in [3.05, 3.63) is 11.3 Å². The molecule has 0 saturated carbocycles. The summed E-state index contributed by atoms with van der Waals surface area (Å²) in [6, 6.07) is 0. The SMILES string of the molecule is [2H]C([2H])([2H])N(C(=O)Oc1nc(N(C)C)nc(C)c1C)C([2H])([2H])[2H]. The van der Waals surface area contributed by atoms with Gasteiger partial charge < -0.3 is 14.5 Å². The summed E-state index contributed by atoms with van der Waals surface area (Å²) in [5, 5.41) is 0. The summed E-state index contributed by atoms with van der Waals surface area (Å²) in [5.74, 6) is 0.0508. The zero-order valence-electron chi connectivity index (χ0n) is 16.1. The van der Waals surface area contributed by atoms with Crippen molar-refractivity contribution in [3.63, 3.8) is 0 Å². The molecule has 0 aliphatic rings. The van der Waals surface area contributed by atoms with Gasteiger partial charge in [0.2, 0.25) is 11.8 Å². The Morgan fingerprint density at radius 3 is 2.47 bits per heavy atom. The molecule has 0 bridgehead atoms. The number of hydrogen-bond acceptors (Lipinski definition) is 5. The van der Waals surface area contributed by atoms with Crippen LogP contribution in [-0.2, 0) is 0 Å². The Hall–Kier alpha value is -1.85. The van der Waals surface area contributed by atoms with Gasteiger partial charge in [0.05, 0.1) is 0 Å². The molecule has 94 valence electrons. The molecule has 0 spiro atoms. The summed E-state index contributed by atoms with van der Waals surface area (Å²) in [6.07, 6.45) is -1.53. The minimum atomic E-state index is -3.18. The number of aromatic nitrogens is 2. The van der Waals surface area contributed by atoms with Crippen molar-refractivity contribution in [1.82, 2.24) is 14.9 Å². The maximum Gasteiger partial charge on any atom is 0.416 e. The van der Waals surface area contributed by atoms with Gasteiger partial charge in [0, 0.05) is 47.5 Å². The molecule has 0 aliphatic carbocycles. The minimum absolute atomic E-state index is 0.190. The van der Waals surface area contributed by atoms with Crippen LogP contribution < -0.4 is 9.64 Å². The second-order valence-electron chi connectivity index (χ2n) is 3.64. The molecule has 17 heavy (non-hydrogen) atoms. The molecule has 6 heteroatoms. The van der Waals surface area contributed by atoms with Crippen LogP contribution in [-0.4, -0.2) is 49.0 Å². The van der Waals surface area contributed by atoms with E-state index in [2.05, 4.69) is 9.97 Å². The average Bonchev–Trinajstić information content (AvgIpc) is 2.30. The van der Waals surface area contributed by atoms with Crippen molar-refractivity contribution in [2.45, 2.75) is 13.8 Å². The highest BCUT2D eigenvalue weighted by Crippen LogP contribution is 2.20. The Morgan fingerprint density at radius 2 is 1.94 bits per heavy atom. The van der Waals surface area contributed by atoms with Gasteiger partial charge in [0.15, 0.2) is 0 Å². The predicted octanol–water partition coefficient (Wildman–Crippen LogP) is 1.22. The summed E-state index contributed by atoms with van der Waals surface area (Å²) in [7, 11) is 3.35. The second-order valence-corrected chi connectivity index (χ2v) is 3.64. The number of carbonyl (C=O) groups is 1. The van der Waals surface area contributed by atoms with Gasteiger partial charge in [-0.2, -0.15) is 4.98 Å². The van der Waals surface area contributed by atoms with Crippen molar-refractivity contribution >= 4 is 12.0 Å². The molecule has 0 aliphatic heterocycles. The van der Waals surface area contributed by atoms with E-state index in [1.807, 2.05) is 0 Å². The van der Waals surface area contributed by atoms with E-state index in [0.717, 1.165) is 0 Å². The van der Waals surface area contributed by atoms with Crippen LogP contribution in [0.1, 0.15) is 19.5 Å². The van der Waals surface area contributed by atoms with E-state index in [1.165, 1.54) is 0 Å². The summed E-state index contributed by atoms with van der Waals surface area (Å²) in [6.45, 7) is -3.12. The van der Waals surface area contributed by atoms with Gasteiger partial charge in [-0.15, -0.1) is 0 Å². The molecule has 0 radical (unpaired) electrons. The van der Waals surface area contributed by atoms with Gasteiger partial charge in [-0.25, -0.2) is 9.78 Å². The highest BCUT2D eigenvalue weighted by Gasteiger charge is 2.15. The van der Waals surface area contributed by atoms with Crippen molar-refractivity contribution in [1.29, 1.82) is 0 Å². The normalized spacial score (nSPS) is 16.7. The third-order valence-electron chi connectivity index (χ3n) is 2.10. The molecule has 6 nitrogen and oxygen atoms in total. The average molecular weight is 244 g/mol. The first-order chi connectivity index (χ1) is 10.2. The maximum absolute atomic E-state index is 12.1. The van der Waals surface area contributed by atoms with Gasteiger partial charge >= 0.3 is 6.09 Å². The quantitative estimate of drug-likeness (QED) is 0.783. The first kappa shape index (κ1) is 6.78. The molecule has 1 amide bonds. The van der Waals surface area contributed by atoms with Gasteiger partial charge in [0.25, 0.3) is 0 Å². The first-order valence-corrected chi connectivity index (χ1v) is 4.80. The van der Waals surface area contributed by atoms with Crippen LogP contribution in [0.4, 0.5) is 10.7 Å². The van der Waals surface area contributed by atoms with Crippen LogP contribution in [0.3, 0.4) is 0 Å². The third kappa shape index (κ3) is 3.05. The third-order valence-corrected chi connectivity index (χ3v) is 2.10. The van der Waals surface area contributed by atoms with E-state index in [1.54, 1.807) is 32.8 Å². The van der Waals surface area contributed by atoms with Gasteiger partial charge in [-0.1, -0.05) is 0 Å². The highest BCUT2D eigenvalue weighted by atomic mass is 16.6. The Bertz CT molecular complexity index is 585. The molecule has 1 aromatic heterocycles. The summed E-state index contributed by atoms with van der Waals surface area (Å²) >= 11 is 0. The zero-order valence-corrected chi connectivity index (χ0v) is 10.1. The number of rotatable bonds is 2. The molecule has 1 aromatic rings. The number of anilines is 1. The van der Waals surface area contributed by atoms with Crippen molar-refractivity contribution < 1.29 is 17.8 Å². The van der Waals surface area contributed by atoms with Crippen LogP contribution in [0.15, 0.2) is 0 Å². The summed E-state index contributed by atoms with van der Waals surface area (Å²) < 4.78 is 48.1. The molecule has 0 unspecified atom stereocenters. The minimum Gasteiger partial charge on any atom is -0.391 e. The summed E-state index contributed by atoms with van der Waals surface area (Å²) in [4.78, 5) is 21.5. The number of carbonyl (C=O) groups excluding carboxylic acids is 1. The number of hydrogen-bond donors (Lipinski definition) is 0. The van der Waals surface area contributed by atoms with Crippen LogP contribution in [0.25, 0.3) is 0 Å². The lowest BCUT2D eigenvalue weighted by molar-refractivity contribution is 0.169. The van der Waals surface area contributed by atoms with Gasteiger partial charge in [-0.05, 0) is 13.8 Å². The second kappa shape index (κ2) is 4.99. The highest BCUT2D eigenvalue weighted by molar-refractivity contribution is 5.70. The van der Waals surface area contributed by atoms with E-state index >= 15 is 0 Å². The largest absolute Gasteiger partial charge is 0.416 e. The molecule has 0 N–H and O–H groups in total. The Kier molecular flexibility index (Phi) is 1.99. The smallest absolute Gasteiger partial charge is 0.391 e. The standard InChI is InChI=1S/C11H18N4O2/c1-7-8(2)12-10(14(3)4)13-9(7)17-11(16)15(5)6/h1-6H3/i5D3,6D3. The molecule has 1 heterocycles. The lowest BCUT2D eigenvalue weighted by Gasteiger charge is -2.16. The van der Waals surface area contributed by atoms with Crippen LogP contribution in [0, 0.1) is 13.8 Å². The number of ether oxygens (including phenoxy) is 1. The number of aryl methyl sites for hydroxylation is 1. The van der Waals surface area contributed by atoms with E-state index < -0.39 is 20.0 Å². The zero-order chi connectivity index (χ0) is 18.2. The molecule has 0 fully saturated rings. The lowest BCUT2D eigenvalue weighted by atomic mass is 10.2. The fraction of sp³-hybridized carbons (Fsp3) is 0.545. The van der Waals surface area contributed by atoms with Gasteiger partial charge in [0.1, 0.15) is 0 Å². The molecule has 0 atom stereocenters. The Labute approximate surface area is 110 Å². The monoisotopic (exact) mass is 244 g/mol. The van der Waals surface area contributed by atoms with Crippen LogP contribution in [0.5, 0.6) is 5.88 Å². The maximum atomic E-state index is 12.1. The number of amides is 1. The van der Waals surface area contributed by atoms with Crippen molar-refractivity contribution in [2.75, 3.05) is 32.9 Å². The Morgan fingerprint density at radius 1 is 1.29 bits per heavy atom. The number of nitrogens with zero attached hydrogens (tertiary/aromatic N) is 4. The predicted molar refractivity (Wildman–Crippen MR) is 65.5 cm³/mol. The lowest BCUT2D eigenvalue weighted by Crippen LogP contribution is -2.26. The van der Waals surface area contributed by atoms with Gasteiger partial charge in [-0.3, -0.25) is 0 Å². The molecule has 0 saturated heterocycles. The molecular formula is C11H18N4O2. The first-order valence-electron chi connectivity index (χ1n) is 7.80. The van der Waals surface area contributed by atoms with E-state index in [-0.39, 0.29) is 16.7 Å². The summed E-state index contributed by atoms with van der Waals surface area (Å²) in [5.41, 5.74) is 0.917. The Balaban J connectivity index is 3.23. The van der Waals surface area contributed by atoms with E-state index in [4.69, 9.17) is 13.0 Å².